The highest BCUT2D eigenvalue weighted by molar-refractivity contribution is 7.91. The molecule has 4 N–H and O–H groups in total. The Morgan fingerprint density at radius 3 is 2.44 bits per heavy atom. The van der Waals surface area contributed by atoms with Gasteiger partial charge in [-0.05, 0) is 68.8 Å². The second kappa shape index (κ2) is 9.64. The molecule has 0 radical (unpaired) electrons. The van der Waals surface area contributed by atoms with Crippen LogP contribution in [-0.2, 0) is 14.6 Å². The maximum atomic E-state index is 12.8. The molecule has 182 valence electrons. The second-order valence-corrected chi connectivity index (χ2v) is 11.4. The number of benzene rings is 1. The van der Waals surface area contributed by atoms with Gasteiger partial charge in [0.25, 0.3) is 0 Å². The van der Waals surface area contributed by atoms with Crippen LogP contribution in [0.15, 0.2) is 34.0 Å². The van der Waals surface area contributed by atoms with Gasteiger partial charge in [-0.3, -0.25) is 9.78 Å². The zero-order valence-corrected chi connectivity index (χ0v) is 19.8. The monoisotopic (exact) mass is 487 g/mol. The number of nitrogens with one attached hydrogen (secondary N) is 3. The lowest BCUT2D eigenvalue weighted by atomic mass is 9.91. The highest BCUT2D eigenvalue weighted by atomic mass is 32.2. The van der Waals surface area contributed by atoms with E-state index in [-0.39, 0.29) is 46.0 Å². The molecule has 3 unspecified atom stereocenters. The number of imidazole rings is 1. The summed E-state index contributed by atoms with van der Waals surface area (Å²) in [6, 6.07) is 8.00. The van der Waals surface area contributed by atoms with E-state index in [2.05, 4.69) is 20.2 Å². The number of piperidine rings is 1. The van der Waals surface area contributed by atoms with Crippen molar-refractivity contribution in [3.05, 3.63) is 46.0 Å². The number of hydrogen-bond acceptors (Lipinski definition) is 7. The maximum Gasteiger partial charge on any atom is 0.325 e. The molecular weight excluding hydrogens is 458 g/mol. The fraction of sp³-hybridized carbons (Fsp3) is 0.522. The van der Waals surface area contributed by atoms with Crippen molar-refractivity contribution in [2.24, 2.45) is 11.8 Å². The number of aromatic amines is 2. The van der Waals surface area contributed by atoms with E-state index in [0.717, 1.165) is 25.9 Å². The van der Waals surface area contributed by atoms with Gasteiger partial charge in [0.15, 0.2) is 9.84 Å². The van der Waals surface area contributed by atoms with Crippen molar-refractivity contribution in [2.75, 3.05) is 25.4 Å². The molecule has 2 aromatic rings. The summed E-state index contributed by atoms with van der Waals surface area (Å²) in [5.74, 6) is -0.645. The fourth-order valence-electron chi connectivity index (χ4n) is 5.19. The Morgan fingerprint density at radius 1 is 1.24 bits per heavy atom. The Labute approximate surface area is 197 Å². The van der Waals surface area contributed by atoms with Crippen LogP contribution in [0.4, 0.5) is 0 Å². The highest BCUT2D eigenvalue weighted by Crippen LogP contribution is 2.37. The van der Waals surface area contributed by atoms with E-state index in [1.807, 2.05) is 6.07 Å². The molecule has 1 aromatic heterocycles. The summed E-state index contributed by atoms with van der Waals surface area (Å²) in [6.07, 6.45) is 2.50. The first-order chi connectivity index (χ1) is 16.2. The van der Waals surface area contributed by atoms with Crippen LogP contribution in [0.3, 0.4) is 0 Å². The van der Waals surface area contributed by atoms with Gasteiger partial charge in [-0.25, -0.2) is 13.2 Å². The Kier molecular flexibility index (Phi) is 6.81. The highest BCUT2D eigenvalue weighted by Gasteiger charge is 2.43. The molecule has 2 heterocycles. The lowest BCUT2D eigenvalue weighted by Crippen LogP contribution is -2.53. The van der Waals surface area contributed by atoms with Crippen LogP contribution in [0, 0.1) is 23.2 Å². The predicted octanol–water partition coefficient (Wildman–Crippen LogP) is 1.07. The molecule has 1 aliphatic carbocycles. The summed E-state index contributed by atoms with van der Waals surface area (Å²) in [5.41, 5.74) is 0.0504. The summed E-state index contributed by atoms with van der Waals surface area (Å²) >= 11 is 0. The van der Waals surface area contributed by atoms with Gasteiger partial charge in [-0.1, -0.05) is 0 Å². The minimum absolute atomic E-state index is 0.0291. The first kappa shape index (κ1) is 24.0. The number of nitrogens with zero attached hydrogens (tertiary/aromatic N) is 2. The molecule has 1 aromatic carbocycles. The topological polar surface area (TPSA) is 159 Å². The fourth-order valence-corrected chi connectivity index (χ4v) is 6.49. The zero-order chi connectivity index (χ0) is 24.5. The number of aromatic hydroxyl groups is 1. The molecule has 2 bridgehead atoms. The number of carbonyl (C=O) groups excluding carboxylic acids is 1. The van der Waals surface area contributed by atoms with Crippen LogP contribution in [0.5, 0.6) is 5.88 Å². The third kappa shape index (κ3) is 5.03. The molecule has 11 heteroatoms. The van der Waals surface area contributed by atoms with Crippen LogP contribution >= 0.6 is 0 Å². The molecule has 34 heavy (non-hydrogen) atoms. The van der Waals surface area contributed by atoms with E-state index in [9.17, 15) is 23.1 Å². The molecule has 2 aliphatic rings. The number of H-pyrrole nitrogens is 2. The first-order valence-corrected chi connectivity index (χ1v) is 13.1. The number of likely N-dealkylation sites (tertiary alicyclic amines) is 1. The molecule has 4 rings (SSSR count). The number of fused-ring (bicyclic) bond motifs is 2. The number of rotatable bonds is 8. The minimum atomic E-state index is -3.40. The van der Waals surface area contributed by atoms with E-state index in [1.54, 1.807) is 6.92 Å². The molecule has 1 saturated heterocycles. The third-order valence-corrected chi connectivity index (χ3v) is 8.83. The van der Waals surface area contributed by atoms with Crippen molar-refractivity contribution in [3.63, 3.8) is 0 Å². The molecule has 1 aliphatic heterocycles. The Morgan fingerprint density at radius 2 is 1.88 bits per heavy atom. The summed E-state index contributed by atoms with van der Waals surface area (Å²) in [7, 11) is -3.40. The molecular formula is C23H29N5O5S. The summed E-state index contributed by atoms with van der Waals surface area (Å²) in [5, 5.41) is 21.8. The number of carbonyl (C=O) groups is 1. The number of hydrogen-bond donors (Lipinski definition) is 4. The molecule has 10 nitrogen and oxygen atoms in total. The van der Waals surface area contributed by atoms with Crippen molar-refractivity contribution < 1.29 is 18.3 Å². The van der Waals surface area contributed by atoms with Gasteiger partial charge < -0.3 is 20.3 Å². The van der Waals surface area contributed by atoms with Crippen LogP contribution in [-0.4, -0.2) is 65.7 Å². The Bertz CT molecular complexity index is 1230. The maximum absolute atomic E-state index is 12.8. The number of nitriles is 1. The average molecular weight is 488 g/mol. The molecule has 3 atom stereocenters. The van der Waals surface area contributed by atoms with Crippen molar-refractivity contribution in [1.82, 2.24) is 20.2 Å². The van der Waals surface area contributed by atoms with Crippen LogP contribution in [0.2, 0.25) is 0 Å². The SMILES string of the molecule is CC(C(=O)NC1C2CCC1CN(CCCS(=O)(=O)c1ccc(C#N)cc1)C2)c1[nH]c(=O)[nH]c1O. The molecule has 2 fully saturated rings. The molecule has 1 amide bonds. The minimum Gasteiger partial charge on any atom is -0.493 e. The van der Waals surface area contributed by atoms with Gasteiger partial charge in [0, 0.05) is 19.1 Å². The van der Waals surface area contributed by atoms with Crippen molar-refractivity contribution in [2.45, 2.75) is 43.0 Å². The number of sulfone groups is 1. The second-order valence-electron chi connectivity index (χ2n) is 9.26. The van der Waals surface area contributed by atoms with Crippen molar-refractivity contribution in [3.8, 4) is 11.9 Å². The van der Waals surface area contributed by atoms with Gasteiger partial charge in [-0.2, -0.15) is 5.26 Å². The van der Waals surface area contributed by atoms with Crippen molar-refractivity contribution in [1.29, 1.82) is 5.26 Å². The van der Waals surface area contributed by atoms with Crippen LogP contribution in [0.1, 0.15) is 43.4 Å². The van der Waals surface area contributed by atoms with Gasteiger partial charge in [0.1, 0.15) is 0 Å². The van der Waals surface area contributed by atoms with Crippen LogP contribution in [0.25, 0.3) is 0 Å². The Balaban J connectivity index is 1.29. The quantitative estimate of drug-likeness (QED) is 0.433. The summed E-state index contributed by atoms with van der Waals surface area (Å²) < 4.78 is 25.2. The normalized spacial score (nSPS) is 23.4. The standard InChI is InChI=1S/C23H29N5O5S/c1-14(19-22(30)27-23(31)26-19)21(29)25-20-16-5-6-17(20)13-28(12-16)9-2-10-34(32,33)18-7-3-15(11-24)4-8-18/h3-4,7-8,14,16-17,20,30H,2,5-6,9-10,12-13H2,1H3,(H,25,29)(H2,26,27,31). The van der Waals surface area contributed by atoms with Gasteiger partial charge >= 0.3 is 5.69 Å². The first-order valence-electron chi connectivity index (χ1n) is 11.4. The van der Waals surface area contributed by atoms with E-state index in [1.165, 1.54) is 24.3 Å². The van der Waals surface area contributed by atoms with Gasteiger partial charge in [0.2, 0.25) is 11.8 Å². The summed E-state index contributed by atoms with van der Waals surface area (Å²) in [6.45, 7) is 3.88. The largest absolute Gasteiger partial charge is 0.493 e. The molecule has 0 spiro atoms. The predicted molar refractivity (Wildman–Crippen MR) is 124 cm³/mol. The third-order valence-electron chi connectivity index (χ3n) is 7.01. The van der Waals surface area contributed by atoms with E-state index >= 15 is 0 Å². The van der Waals surface area contributed by atoms with E-state index in [4.69, 9.17) is 5.26 Å². The van der Waals surface area contributed by atoms with Crippen LogP contribution < -0.4 is 11.0 Å². The lowest BCUT2D eigenvalue weighted by molar-refractivity contribution is -0.124. The average Bonchev–Trinajstić information content (AvgIpc) is 3.25. The van der Waals surface area contributed by atoms with Gasteiger partial charge in [-0.15, -0.1) is 0 Å². The number of amides is 1. The number of aromatic nitrogens is 2. The zero-order valence-electron chi connectivity index (χ0n) is 19.0. The van der Waals surface area contributed by atoms with E-state index < -0.39 is 21.4 Å². The van der Waals surface area contributed by atoms with Gasteiger partial charge in [0.05, 0.1) is 33.9 Å². The summed E-state index contributed by atoms with van der Waals surface area (Å²) in [4.78, 5) is 31.4. The Hall–Kier alpha value is -3.10. The van der Waals surface area contributed by atoms with Crippen molar-refractivity contribution >= 4 is 15.7 Å². The van der Waals surface area contributed by atoms with E-state index in [0.29, 0.717) is 18.5 Å². The molecule has 1 saturated carbocycles. The lowest BCUT2D eigenvalue weighted by Gasteiger charge is -2.38. The smallest absolute Gasteiger partial charge is 0.325 e.